The van der Waals surface area contributed by atoms with Gasteiger partial charge in [0, 0.05) is 23.6 Å². The quantitative estimate of drug-likeness (QED) is 0.562. The van der Waals surface area contributed by atoms with E-state index in [2.05, 4.69) is 0 Å². The molecule has 0 atom stereocenters. The van der Waals surface area contributed by atoms with Crippen LogP contribution in [-0.2, 0) is 0 Å². The molecular formula is C9H7ClFNO2. The molecule has 0 aliphatic carbocycles. The fourth-order valence-electron chi connectivity index (χ4n) is 0.896. The van der Waals surface area contributed by atoms with Crippen LogP contribution in [0.25, 0.3) is 6.08 Å². The second-order valence-corrected chi connectivity index (χ2v) is 3.15. The molecule has 0 heterocycles. The minimum absolute atomic E-state index is 0.119. The van der Waals surface area contributed by atoms with Crippen molar-refractivity contribution in [3.8, 4) is 0 Å². The average Bonchev–Trinajstić information content (AvgIpc) is 2.09. The topological polar surface area (TPSA) is 43.1 Å². The Balaban J connectivity index is 3.09. The second kappa shape index (κ2) is 4.19. The van der Waals surface area contributed by atoms with Gasteiger partial charge in [0.15, 0.2) is 0 Å². The number of rotatable bonds is 2. The smallest absolute Gasteiger partial charge is 0.243 e. The lowest BCUT2D eigenvalue weighted by Crippen LogP contribution is -1.94. The van der Waals surface area contributed by atoms with Crippen LogP contribution in [0, 0.1) is 15.9 Å². The van der Waals surface area contributed by atoms with Gasteiger partial charge in [-0.05, 0) is 12.1 Å². The van der Waals surface area contributed by atoms with Crippen LogP contribution in [0.15, 0.2) is 23.9 Å². The van der Waals surface area contributed by atoms with Crippen molar-refractivity contribution in [3.63, 3.8) is 0 Å². The molecule has 0 aliphatic heterocycles. The molecule has 0 fully saturated rings. The fourth-order valence-corrected chi connectivity index (χ4v) is 1.06. The lowest BCUT2D eigenvalue weighted by molar-refractivity contribution is -0.422. The van der Waals surface area contributed by atoms with Crippen LogP contribution >= 0.6 is 11.6 Å². The van der Waals surface area contributed by atoms with Crippen molar-refractivity contribution < 1.29 is 9.31 Å². The first kappa shape index (κ1) is 10.7. The summed E-state index contributed by atoms with van der Waals surface area (Å²) >= 11 is 5.52. The van der Waals surface area contributed by atoms with Crippen molar-refractivity contribution in [2.75, 3.05) is 0 Å². The number of allylic oxidation sites excluding steroid dienone is 1. The van der Waals surface area contributed by atoms with Crippen molar-refractivity contribution in [3.05, 3.63) is 50.4 Å². The Morgan fingerprint density at radius 3 is 2.79 bits per heavy atom. The monoisotopic (exact) mass is 215 g/mol. The second-order valence-electron chi connectivity index (χ2n) is 2.71. The van der Waals surface area contributed by atoms with E-state index in [1.54, 1.807) is 0 Å². The predicted octanol–water partition coefficient (Wildman–Crippen LogP) is 3.12. The van der Waals surface area contributed by atoms with Crippen molar-refractivity contribution in [1.82, 2.24) is 0 Å². The van der Waals surface area contributed by atoms with Crippen LogP contribution in [0.5, 0.6) is 0 Å². The summed E-state index contributed by atoms with van der Waals surface area (Å²) in [5.41, 5.74) is 0.0369. The lowest BCUT2D eigenvalue weighted by atomic mass is 10.2. The van der Waals surface area contributed by atoms with E-state index in [9.17, 15) is 14.5 Å². The first-order chi connectivity index (χ1) is 6.50. The summed E-state index contributed by atoms with van der Waals surface area (Å²) in [5, 5.41) is 10.5. The normalized spacial score (nSPS) is 11.5. The van der Waals surface area contributed by atoms with Gasteiger partial charge in [-0.15, -0.1) is 0 Å². The number of hydrogen-bond donors (Lipinski definition) is 0. The maximum absolute atomic E-state index is 13.1. The van der Waals surface area contributed by atoms with Crippen LogP contribution in [0.3, 0.4) is 0 Å². The van der Waals surface area contributed by atoms with E-state index < -0.39 is 10.7 Å². The van der Waals surface area contributed by atoms with Crippen LogP contribution in [-0.4, -0.2) is 4.92 Å². The summed E-state index contributed by atoms with van der Waals surface area (Å²) in [6.07, 6.45) is 1.16. The lowest BCUT2D eigenvalue weighted by Gasteiger charge is -1.96. The molecule has 0 N–H and O–H groups in total. The molecule has 74 valence electrons. The molecule has 1 rings (SSSR count). The number of halogens is 2. The molecule has 5 heteroatoms. The standard InChI is InChI=1S/C9H7ClFNO2/c1-6(12(13)14)4-7-2-3-8(10)5-9(7)11/h2-5H,1H3/b6-4-. The van der Waals surface area contributed by atoms with Gasteiger partial charge in [0.05, 0.1) is 4.92 Å². The van der Waals surface area contributed by atoms with Gasteiger partial charge in [-0.2, -0.15) is 0 Å². The zero-order chi connectivity index (χ0) is 10.7. The van der Waals surface area contributed by atoms with E-state index in [4.69, 9.17) is 11.6 Å². The van der Waals surface area contributed by atoms with E-state index >= 15 is 0 Å². The number of benzene rings is 1. The molecule has 0 aromatic heterocycles. The van der Waals surface area contributed by atoms with E-state index in [1.807, 2.05) is 0 Å². The predicted molar refractivity (Wildman–Crippen MR) is 52.1 cm³/mol. The Morgan fingerprint density at radius 1 is 1.64 bits per heavy atom. The number of hydrogen-bond acceptors (Lipinski definition) is 2. The Morgan fingerprint density at radius 2 is 2.29 bits per heavy atom. The zero-order valence-electron chi connectivity index (χ0n) is 7.33. The Hall–Kier alpha value is -1.42. The number of nitro groups is 1. The summed E-state index contributed by atoms with van der Waals surface area (Å²) in [6, 6.07) is 3.98. The minimum Gasteiger partial charge on any atom is -0.259 e. The Bertz CT molecular complexity index is 404. The summed E-state index contributed by atoms with van der Waals surface area (Å²) in [4.78, 5) is 9.70. The van der Waals surface area contributed by atoms with E-state index in [0.29, 0.717) is 0 Å². The molecule has 0 saturated carbocycles. The maximum Gasteiger partial charge on any atom is 0.243 e. The van der Waals surface area contributed by atoms with E-state index in [-0.39, 0.29) is 16.3 Å². The molecule has 0 unspecified atom stereocenters. The van der Waals surface area contributed by atoms with Gasteiger partial charge < -0.3 is 0 Å². The van der Waals surface area contributed by atoms with Crippen LogP contribution in [0.4, 0.5) is 4.39 Å². The highest BCUT2D eigenvalue weighted by Crippen LogP contribution is 2.17. The highest BCUT2D eigenvalue weighted by atomic mass is 35.5. The third-order valence-electron chi connectivity index (χ3n) is 1.61. The third kappa shape index (κ3) is 2.53. The van der Waals surface area contributed by atoms with Crippen molar-refractivity contribution >= 4 is 17.7 Å². The first-order valence-electron chi connectivity index (χ1n) is 3.78. The molecule has 0 radical (unpaired) electrons. The SMILES string of the molecule is C/C(=C/c1ccc(Cl)cc1F)[N+](=O)[O-]. The largest absolute Gasteiger partial charge is 0.259 e. The van der Waals surface area contributed by atoms with Crippen molar-refractivity contribution in [2.24, 2.45) is 0 Å². The van der Waals surface area contributed by atoms with Gasteiger partial charge in [0.2, 0.25) is 5.70 Å². The minimum atomic E-state index is -0.575. The van der Waals surface area contributed by atoms with Gasteiger partial charge in [-0.1, -0.05) is 17.7 Å². The van der Waals surface area contributed by atoms with Gasteiger partial charge in [0.25, 0.3) is 0 Å². The molecule has 1 aromatic rings. The summed E-state index contributed by atoms with van der Waals surface area (Å²) < 4.78 is 13.1. The number of nitrogens with zero attached hydrogens (tertiary/aromatic N) is 1. The van der Waals surface area contributed by atoms with Crippen molar-refractivity contribution in [2.45, 2.75) is 6.92 Å². The molecule has 0 amide bonds. The molecule has 1 aromatic carbocycles. The first-order valence-corrected chi connectivity index (χ1v) is 4.16. The third-order valence-corrected chi connectivity index (χ3v) is 1.85. The van der Waals surface area contributed by atoms with Crippen LogP contribution in [0.2, 0.25) is 5.02 Å². The highest BCUT2D eigenvalue weighted by Gasteiger charge is 2.06. The van der Waals surface area contributed by atoms with Gasteiger partial charge in [-0.3, -0.25) is 10.1 Å². The molecular weight excluding hydrogens is 209 g/mol. The van der Waals surface area contributed by atoms with Gasteiger partial charge >= 0.3 is 0 Å². The van der Waals surface area contributed by atoms with Crippen molar-refractivity contribution in [1.29, 1.82) is 0 Å². The molecule has 3 nitrogen and oxygen atoms in total. The van der Waals surface area contributed by atoms with E-state index in [0.717, 1.165) is 12.1 Å². The molecule has 0 bridgehead atoms. The van der Waals surface area contributed by atoms with Crippen LogP contribution in [0.1, 0.15) is 12.5 Å². The van der Waals surface area contributed by atoms with E-state index in [1.165, 1.54) is 19.1 Å². The molecule has 0 aliphatic rings. The zero-order valence-corrected chi connectivity index (χ0v) is 8.08. The average molecular weight is 216 g/mol. The maximum atomic E-state index is 13.1. The molecule has 14 heavy (non-hydrogen) atoms. The summed E-state index contributed by atoms with van der Waals surface area (Å²) in [6.45, 7) is 1.30. The van der Waals surface area contributed by atoms with Crippen LogP contribution < -0.4 is 0 Å². The Kier molecular flexibility index (Phi) is 3.19. The molecule has 0 saturated heterocycles. The fraction of sp³-hybridized carbons (Fsp3) is 0.111. The highest BCUT2D eigenvalue weighted by molar-refractivity contribution is 6.30. The summed E-state index contributed by atoms with van der Waals surface area (Å²) in [7, 11) is 0. The molecule has 0 spiro atoms. The van der Waals surface area contributed by atoms with Gasteiger partial charge in [-0.25, -0.2) is 4.39 Å². The van der Waals surface area contributed by atoms with Gasteiger partial charge in [0.1, 0.15) is 5.82 Å². The Labute approximate surface area is 85.0 Å². The summed E-state index contributed by atoms with van der Waals surface area (Å²) in [5.74, 6) is -0.571.